The maximum atomic E-state index is 13.5. The molecule has 0 aliphatic heterocycles. The van der Waals surface area contributed by atoms with Crippen LogP contribution in [-0.2, 0) is 4.79 Å². The molecule has 0 aromatic heterocycles. The van der Waals surface area contributed by atoms with Crippen LogP contribution in [0.3, 0.4) is 0 Å². The molecule has 1 aliphatic carbocycles. The molecule has 1 N–H and O–H groups in total. The SMILES string of the molecule is CC[C@]1(C(=O)N[C@H](C)COc2cc(F)ccc2F)[C@@H](C)C1(Cl)Cl. The Hall–Kier alpha value is -1.07. The van der Waals surface area contributed by atoms with Gasteiger partial charge in [0.25, 0.3) is 0 Å². The van der Waals surface area contributed by atoms with Crippen molar-refractivity contribution in [1.29, 1.82) is 0 Å². The predicted molar refractivity (Wildman–Crippen MR) is 85.8 cm³/mol. The van der Waals surface area contributed by atoms with E-state index in [0.29, 0.717) is 6.42 Å². The number of hydrogen-bond acceptors (Lipinski definition) is 2. The first-order valence-electron chi connectivity index (χ1n) is 7.43. The Morgan fingerprint density at radius 3 is 2.57 bits per heavy atom. The Balaban J connectivity index is 1.94. The van der Waals surface area contributed by atoms with E-state index in [9.17, 15) is 13.6 Å². The second-order valence-corrected chi connectivity index (χ2v) is 7.32. The minimum Gasteiger partial charge on any atom is -0.488 e. The molecule has 23 heavy (non-hydrogen) atoms. The number of benzene rings is 1. The average Bonchev–Trinajstić information content (AvgIpc) is 2.93. The number of halogens is 4. The molecule has 0 saturated heterocycles. The third-order valence-electron chi connectivity index (χ3n) is 4.52. The zero-order valence-electron chi connectivity index (χ0n) is 13.1. The summed E-state index contributed by atoms with van der Waals surface area (Å²) in [5.41, 5.74) is -0.825. The number of carbonyl (C=O) groups excluding carboxylic acids is 1. The van der Waals surface area contributed by atoms with E-state index in [4.69, 9.17) is 27.9 Å². The van der Waals surface area contributed by atoms with E-state index in [1.54, 1.807) is 6.92 Å². The lowest BCUT2D eigenvalue weighted by atomic mass is 9.99. The van der Waals surface area contributed by atoms with Crippen LogP contribution in [0.25, 0.3) is 0 Å². The fourth-order valence-corrected chi connectivity index (χ4v) is 3.92. The first-order chi connectivity index (χ1) is 10.7. The van der Waals surface area contributed by atoms with E-state index in [0.717, 1.165) is 18.2 Å². The summed E-state index contributed by atoms with van der Waals surface area (Å²) in [6.07, 6.45) is 0.513. The van der Waals surface area contributed by atoms with Crippen LogP contribution < -0.4 is 10.1 Å². The molecular weight excluding hydrogens is 347 g/mol. The second-order valence-electron chi connectivity index (χ2n) is 5.93. The maximum Gasteiger partial charge on any atom is 0.229 e. The molecule has 3 nitrogen and oxygen atoms in total. The van der Waals surface area contributed by atoms with Gasteiger partial charge in [0.1, 0.15) is 16.8 Å². The quantitative estimate of drug-likeness (QED) is 0.771. The van der Waals surface area contributed by atoms with Crippen LogP contribution in [0.1, 0.15) is 27.2 Å². The van der Waals surface area contributed by atoms with Crippen LogP contribution >= 0.6 is 23.2 Å². The number of nitrogens with one attached hydrogen (secondary N) is 1. The Labute approximate surface area is 144 Å². The van der Waals surface area contributed by atoms with E-state index in [1.807, 2.05) is 13.8 Å². The molecule has 0 spiro atoms. The lowest BCUT2D eigenvalue weighted by molar-refractivity contribution is -0.127. The van der Waals surface area contributed by atoms with Crippen LogP contribution in [0, 0.1) is 23.0 Å². The minimum absolute atomic E-state index is 0.00212. The van der Waals surface area contributed by atoms with Crippen LogP contribution in [-0.4, -0.2) is 22.9 Å². The topological polar surface area (TPSA) is 38.3 Å². The normalized spacial score (nSPS) is 26.5. The molecule has 1 fully saturated rings. The van der Waals surface area contributed by atoms with E-state index in [-0.39, 0.29) is 24.2 Å². The molecule has 1 amide bonds. The lowest BCUT2D eigenvalue weighted by Crippen LogP contribution is -2.43. The van der Waals surface area contributed by atoms with Gasteiger partial charge in [0, 0.05) is 12.0 Å². The van der Waals surface area contributed by atoms with Crippen molar-refractivity contribution >= 4 is 29.1 Å². The molecule has 0 unspecified atom stereocenters. The largest absolute Gasteiger partial charge is 0.488 e. The minimum atomic E-state index is -1.08. The summed E-state index contributed by atoms with van der Waals surface area (Å²) in [5.74, 6) is -1.86. The summed E-state index contributed by atoms with van der Waals surface area (Å²) in [6, 6.07) is 2.54. The number of hydrogen-bond donors (Lipinski definition) is 1. The molecule has 0 heterocycles. The lowest BCUT2D eigenvalue weighted by Gasteiger charge is -2.21. The van der Waals surface area contributed by atoms with Gasteiger partial charge >= 0.3 is 0 Å². The molecule has 1 aromatic rings. The number of ether oxygens (including phenoxy) is 1. The fourth-order valence-electron chi connectivity index (χ4n) is 2.89. The number of carbonyl (C=O) groups is 1. The molecule has 7 heteroatoms. The van der Waals surface area contributed by atoms with Crippen molar-refractivity contribution in [1.82, 2.24) is 5.32 Å². The van der Waals surface area contributed by atoms with Crippen LogP contribution in [0.2, 0.25) is 0 Å². The van der Waals surface area contributed by atoms with Gasteiger partial charge in [-0.25, -0.2) is 8.78 Å². The monoisotopic (exact) mass is 365 g/mol. The highest BCUT2D eigenvalue weighted by Gasteiger charge is 2.76. The van der Waals surface area contributed by atoms with Gasteiger partial charge in [-0.1, -0.05) is 13.8 Å². The van der Waals surface area contributed by atoms with E-state index < -0.39 is 27.4 Å². The van der Waals surface area contributed by atoms with Gasteiger partial charge in [0.15, 0.2) is 11.6 Å². The van der Waals surface area contributed by atoms with Gasteiger partial charge in [-0.15, -0.1) is 23.2 Å². The summed E-state index contributed by atoms with van der Waals surface area (Å²) >= 11 is 12.4. The average molecular weight is 366 g/mol. The van der Waals surface area contributed by atoms with Crippen LogP contribution in [0.5, 0.6) is 5.75 Å². The molecule has 1 aliphatic rings. The maximum absolute atomic E-state index is 13.5. The molecule has 3 atom stereocenters. The summed E-state index contributed by atoms with van der Waals surface area (Å²) in [5, 5.41) is 2.77. The van der Waals surface area contributed by atoms with Crippen molar-refractivity contribution in [3.8, 4) is 5.75 Å². The standard InChI is InChI=1S/C16H19Cl2F2NO2/c1-4-15(10(3)16(15,17)18)14(22)21-9(2)8-23-13-7-11(19)5-6-12(13)20/h5-7,9-10H,4,8H2,1-3H3,(H,21,22)/t9-,10-,15-/m1/s1. The number of rotatable bonds is 6. The molecule has 0 radical (unpaired) electrons. The van der Waals surface area contributed by atoms with Gasteiger partial charge in [-0.2, -0.15) is 0 Å². The van der Waals surface area contributed by atoms with E-state index >= 15 is 0 Å². The predicted octanol–water partition coefficient (Wildman–Crippen LogP) is 4.07. The summed E-state index contributed by atoms with van der Waals surface area (Å²) < 4.78 is 30.7. The van der Waals surface area contributed by atoms with Crippen molar-refractivity contribution in [3.05, 3.63) is 29.8 Å². The third kappa shape index (κ3) is 3.13. The molecule has 1 aromatic carbocycles. The first kappa shape index (κ1) is 18.3. The Morgan fingerprint density at radius 1 is 1.43 bits per heavy atom. The molecule has 0 bridgehead atoms. The Morgan fingerprint density at radius 2 is 2.04 bits per heavy atom. The van der Waals surface area contributed by atoms with Crippen molar-refractivity contribution in [3.63, 3.8) is 0 Å². The molecule has 1 saturated carbocycles. The molecular formula is C16H19Cl2F2NO2. The highest BCUT2D eigenvalue weighted by atomic mass is 35.5. The van der Waals surface area contributed by atoms with Gasteiger partial charge in [-0.05, 0) is 25.5 Å². The van der Waals surface area contributed by atoms with Crippen LogP contribution in [0.4, 0.5) is 8.78 Å². The van der Waals surface area contributed by atoms with E-state index in [1.165, 1.54) is 0 Å². The third-order valence-corrected chi connectivity index (χ3v) is 5.85. The number of amides is 1. The zero-order chi connectivity index (χ0) is 17.4. The highest BCUT2D eigenvalue weighted by molar-refractivity contribution is 6.53. The van der Waals surface area contributed by atoms with Crippen molar-refractivity contribution < 1.29 is 18.3 Å². The van der Waals surface area contributed by atoms with Gasteiger partial charge in [0.2, 0.25) is 5.91 Å². The van der Waals surface area contributed by atoms with Crippen LogP contribution in [0.15, 0.2) is 18.2 Å². The zero-order valence-corrected chi connectivity index (χ0v) is 14.6. The van der Waals surface area contributed by atoms with Gasteiger partial charge < -0.3 is 10.1 Å². The highest BCUT2D eigenvalue weighted by Crippen LogP contribution is 2.70. The van der Waals surface area contributed by atoms with Gasteiger partial charge in [-0.3, -0.25) is 4.79 Å². The Kier molecular flexibility index (Phi) is 5.12. The molecule has 2 rings (SSSR count). The Bertz CT molecular complexity index is 612. The summed E-state index contributed by atoms with van der Waals surface area (Å²) in [7, 11) is 0. The summed E-state index contributed by atoms with van der Waals surface area (Å²) in [6.45, 7) is 5.38. The second kappa shape index (κ2) is 6.44. The van der Waals surface area contributed by atoms with Crippen molar-refractivity contribution in [2.24, 2.45) is 11.3 Å². The molecule has 128 valence electrons. The number of alkyl halides is 2. The smallest absolute Gasteiger partial charge is 0.229 e. The first-order valence-corrected chi connectivity index (χ1v) is 8.19. The summed E-state index contributed by atoms with van der Waals surface area (Å²) in [4.78, 5) is 12.5. The van der Waals surface area contributed by atoms with Crippen molar-refractivity contribution in [2.75, 3.05) is 6.61 Å². The van der Waals surface area contributed by atoms with Crippen molar-refractivity contribution in [2.45, 2.75) is 37.6 Å². The van der Waals surface area contributed by atoms with Gasteiger partial charge in [0.05, 0.1) is 11.5 Å². The van der Waals surface area contributed by atoms with E-state index in [2.05, 4.69) is 5.32 Å². The fraction of sp³-hybridized carbons (Fsp3) is 0.562.